The number of aliphatic hydroxyl groups is 1. The zero-order chi connectivity index (χ0) is 22.4. The number of rotatable bonds is 10. The third-order valence-electron chi connectivity index (χ3n) is 5.20. The fourth-order valence-electron chi connectivity index (χ4n) is 3.27. The minimum absolute atomic E-state index is 0.392. The van der Waals surface area contributed by atoms with Gasteiger partial charge in [-0.05, 0) is 50.8 Å². The van der Waals surface area contributed by atoms with Gasteiger partial charge in [0.2, 0.25) is 5.91 Å². The molecule has 30 heavy (non-hydrogen) atoms. The van der Waals surface area contributed by atoms with E-state index in [1.54, 1.807) is 33.0 Å². The zero-order valence-electron chi connectivity index (χ0n) is 18.7. The Kier molecular flexibility index (Phi) is 7.98. The molecule has 0 aliphatic carbocycles. The molecule has 0 aliphatic heterocycles. The van der Waals surface area contributed by atoms with E-state index in [2.05, 4.69) is 24.1 Å². The molecule has 3 atom stereocenters. The predicted octanol–water partition coefficient (Wildman–Crippen LogP) is 3.70. The maximum atomic E-state index is 13.0. The van der Waals surface area contributed by atoms with Gasteiger partial charge in [-0.1, -0.05) is 50.6 Å². The number of pyridine rings is 1. The van der Waals surface area contributed by atoms with Gasteiger partial charge in [-0.3, -0.25) is 9.78 Å². The molecule has 6 heteroatoms. The van der Waals surface area contributed by atoms with E-state index in [1.165, 1.54) is 0 Å². The third-order valence-corrected chi connectivity index (χ3v) is 5.20. The van der Waals surface area contributed by atoms with Gasteiger partial charge in [-0.15, -0.1) is 0 Å². The van der Waals surface area contributed by atoms with Gasteiger partial charge < -0.3 is 20.9 Å². The minimum Gasteiger partial charge on any atom is -0.492 e. The summed E-state index contributed by atoms with van der Waals surface area (Å²) in [5.74, 6) is 0.741. The van der Waals surface area contributed by atoms with Gasteiger partial charge in [0.25, 0.3) is 0 Å². The number of hydrogen-bond acceptors (Lipinski definition) is 5. The topological polar surface area (TPSA) is 97.5 Å². The minimum atomic E-state index is -1.25. The van der Waals surface area contributed by atoms with E-state index in [0.29, 0.717) is 29.5 Å². The molecule has 164 valence electrons. The predicted molar refractivity (Wildman–Crippen MR) is 119 cm³/mol. The number of nitrogens with two attached hydrogens (primary N) is 1. The molecule has 1 aromatic carbocycles. The van der Waals surface area contributed by atoms with E-state index in [4.69, 9.17) is 10.5 Å². The summed E-state index contributed by atoms with van der Waals surface area (Å²) >= 11 is 0. The average Bonchev–Trinajstić information content (AvgIpc) is 2.71. The maximum absolute atomic E-state index is 13.0. The lowest BCUT2D eigenvalue weighted by Gasteiger charge is -2.33. The Morgan fingerprint density at radius 1 is 1.20 bits per heavy atom. The van der Waals surface area contributed by atoms with Crippen LogP contribution in [0.15, 0.2) is 48.7 Å². The highest BCUT2D eigenvalue weighted by molar-refractivity contribution is 5.87. The van der Waals surface area contributed by atoms with Crippen molar-refractivity contribution < 1.29 is 14.6 Å². The molecule has 1 unspecified atom stereocenters. The molecule has 1 aromatic heterocycles. The van der Waals surface area contributed by atoms with Crippen LogP contribution in [0, 0.1) is 5.92 Å². The lowest BCUT2D eigenvalue weighted by Crippen LogP contribution is -2.53. The number of hydrogen-bond donors (Lipinski definition) is 3. The maximum Gasteiger partial charge on any atom is 0.245 e. The Balaban J connectivity index is 2.15. The molecule has 0 radical (unpaired) electrons. The van der Waals surface area contributed by atoms with Crippen LogP contribution in [-0.4, -0.2) is 28.2 Å². The van der Waals surface area contributed by atoms with E-state index in [0.717, 1.165) is 12.8 Å². The van der Waals surface area contributed by atoms with Crippen LogP contribution in [0.3, 0.4) is 0 Å². The average molecular weight is 414 g/mol. The van der Waals surface area contributed by atoms with Crippen molar-refractivity contribution in [3.8, 4) is 5.75 Å². The van der Waals surface area contributed by atoms with Crippen molar-refractivity contribution in [1.29, 1.82) is 0 Å². The second-order valence-corrected chi connectivity index (χ2v) is 8.75. The van der Waals surface area contributed by atoms with Gasteiger partial charge >= 0.3 is 0 Å². The number of amides is 1. The van der Waals surface area contributed by atoms with Crippen LogP contribution in [0.25, 0.3) is 0 Å². The fourth-order valence-corrected chi connectivity index (χ4v) is 3.27. The standard InChI is InChI=1S/C24H35N3O3/c1-6-10-17(2)16-30-19-13-14-20(26-15-19)21(23(3,4)29)27-22(28)24(5,25)18-11-8-7-9-12-18/h7-9,11-15,17,21,29H,6,10,16,25H2,1-5H3,(H,27,28)/t17?,21-,24-/m1/s1. The monoisotopic (exact) mass is 413 g/mol. The number of carbonyl (C=O) groups excluding carboxylic acids is 1. The number of benzene rings is 1. The first-order valence-corrected chi connectivity index (χ1v) is 10.5. The SMILES string of the molecule is CCCC(C)COc1ccc([C@@H](NC(=O)[C@](C)(N)c2ccccc2)C(C)(C)O)nc1. The van der Waals surface area contributed by atoms with Crippen LogP contribution in [0.4, 0.5) is 0 Å². The first-order valence-electron chi connectivity index (χ1n) is 10.5. The Labute approximate surface area is 179 Å². The molecular formula is C24H35N3O3. The van der Waals surface area contributed by atoms with Crippen LogP contribution in [0.2, 0.25) is 0 Å². The van der Waals surface area contributed by atoms with Crippen LogP contribution < -0.4 is 15.8 Å². The lowest BCUT2D eigenvalue weighted by molar-refractivity contribution is -0.129. The molecular weight excluding hydrogens is 378 g/mol. The summed E-state index contributed by atoms with van der Waals surface area (Å²) < 4.78 is 5.80. The summed E-state index contributed by atoms with van der Waals surface area (Å²) in [6.07, 6.45) is 3.85. The summed E-state index contributed by atoms with van der Waals surface area (Å²) in [5, 5.41) is 13.6. The Morgan fingerprint density at radius 2 is 1.87 bits per heavy atom. The van der Waals surface area contributed by atoms with E-state index in [9.17, 15) is 9.90 Å². The van der Waals surface area contributed by atoms with Crippen LogP contribution in [0.1, 0.15) is 64.8 Å². The van der Waals surface area contributed by atoms with E-state index in [-0.39, 0.29) is 0 Å². The van der Waals surface area contributed by atoms with Crippen molar-refractivity contribution in [2.45, 2.75) is 64.6 Å². The second kappa shape index (κ2) is 10.0. The van der Waals surface area contributed by atoms with Crippen molar-refractivity contribution in [2.75, 3.05) is 6.61 Å². The van der Waals surface area contributed by atoms with Crippen LogP contribution in [0.5, 0.6) is 5.75 Å². The third kappa shape index (κ3) is 6.28. The summed E-state index contributed by atoms with van der Waals surface area (Å²) in [7, 11) is 0. The molecule has 0 saturated carbocycles. The highest BCUT2D eigenvalue weighted by atomic mass is 16.5. The quantitative estimate of drug-likeness (QED) is 0.552. The van der Waals surface area contributed by atoms with Crippen LogP contribution in [-0.2, 0) is 10.3 Å². The van der Waals surface area contributed by atoms with Crippen molar-refractivity contribution in [3.05, 3.63) is 59.9 Å². The first-order chi connectivity index (χ1) is 14.1. The Morgan fingerprint density at radius 3 is 2.40 bits per heavy atom. The van der Waals surface area contributed by atoms with Crippen LogP contribution >= 0.6 is 0 Å². The number of nitrogens with one attached hydrogen (secondary N) is 1. The molecule has 0 spiro atoms. The van der Waals surface area contributed by atoms with Gasteiger partial charge in [0.05, 0.1) is 30.1 Å². The summed E-state index contributed by atoms with van der Waals surface area (Å²) in [4.78, 5) is 17.4. The second-order valence-electron chi connectivity index (χ2n) is 8.75. The van der Waals surface area contributed by atoms with Gasteiger partial charge in [-0.25, -0.2) is 0 Å². The summed E-state index contributed by atoms with van der Waals surface area (Å²) in [5.41, 5.74) is 5.07. The summed E-state index contributed by atoms with van der Waals surface area (Å²) in [6, 6.07) is 12.0. The normalized spacial score (nSPS) is 15.7. The molecule has 6 nitrogen and oxygen atoms in total. The van der Waals surface area contributed by atoms with Crippen molar-refractivity contribution >= 4 is 5.91 Å². The zero-order valence-corrected chi connectivity index (χ0v) is 18.7. The molecule has 0 bridgehead atoms. The van der Waals surface area contributed by atoms with Crippen molar-refractivity contribution in [1.82, 2.24) is 10.3 Å². The Bertz CT molecular complexity index is 799. The smallest absolute Gasteiger partial charge is 0.245 e. The van der Waals surface area contributed by atoms with Crippen molar-refractivity contribution in [3.63, 3.8) is 0 Å². The highest BCUT2D eigenvalue weighted by Crippen LogP contribution is 2.27. The molecule has 2 aromatic rings. The fraction of sp³-hybridized carbons (Fsp3) is 0.500. The largest absolute Gasteiger partial charge is 0.492 e. The number of aromatic nitrogens is 1. The van der Waals surface area contributed by atoms with Gasteiger partial charge in [0.15, 0.2) is 0 Å². The molecule has 4 N–H and O–H groups in total. The van der Waals surface area contributed by atoms with E-state index in [1.807, 2.05) is 36.4 Å². The van der Waals surface area contributed by atoms with E-state index < -0.39 is 23.1 Å². The van der Waals surface area contributed by atoms with Crippen molar-refractivity contribution in [2.24, 2.45) is 11.7 Å². The summed E-state index contributed by atoms with van der Waals surface area (Å²) in [6.45, 7) is 9.85. The van der Waals surface area contributed by atoms with E-state index >= 15 is 0 Å². The molecule has 0 saturated heterocycles. The number of carbonyl (C=O) groups is 1. The Hall–Kier alpha value is -2.44. The van der Waals surface area contributed by atoms with Gasteiger partial charge in [-0.2, -0.15) is 0 Å². The van der Waals surface area contributed by atoms with Gasteiger partial charge in [0.1, 0.15) is 11.3 Å². The highest BCUT2D eigenvalue weighted by Gasteiger charge is 2.37. The molecule has 0 aliphatic rings. The molecule has 0 fully saturated rings. The molecule has 1 heterocycles. The molecule has 2 rings (SSSR count). The number of ether oxygens (including phenoxy) is 1. The van der Waals surface area contributed by atoms with Gasteiger partial charge in [0, 0.05) is 0 Å². The number of nitrogens with zero attached hydrogens (tertiary/aromatic N) is 1. The lowest BCUT2D eigenvalue weighted by atomic mass is 9.89. The molecule has 1 amide bonds. The first kappa shape index (κ1) is 23.8.